The Morgan fingerprint density at radius 1 is 1.18 bits per heavy atom. The normalized spacial score (nSPS) is 11.8. The Balaban J connectivity index is 1.65. The fourth-order valence-corrected chi connectivity index (χ4v) is 4.08. The third-order valence-electron chi connectivity index (χ3n) is 5.58. The van der Waals surface area contributed by atoms with Gasteiger partial charge in [0.25, 0.3) is 5.91 Å². The summed E-state index contributed by atoms with van der Waals surface area (Å²) in [6, 6.07) is 11.0. The van der Waals surface area contributed by atoms with E-state index >= 15 is 0 Å². The minimum atomic E-state index is -1.32. The number of halogens is 1. The summed E-state index contributed by atoms with van der Waals surface area (Å²) < 4.78 is 34.4. The Bertz CT molecular complexity index is 1400. The molecule has 38 heavy (non-hydrogen) atoms. The molecule has 1 unspecified atom stereocenters. The fraction of sp³-hybridized carbons (Fsp3) is 0.231. The van der Waals surface area contributed by atoms with Crippen molar-refractivity contribution in [2.75, 3.05) is 15.8 Å². The number of carbonyl (C=O) groups is 1. The highest BCUT2D eigenvalue weighted by Gasteiger charge is 2.22. The van der Waals surface area contributed by atoms with E-state index in [4.69, 9.17) is 10.5 Å². The van der Waals surface area contributed by atoms with Gasteiger partial charge in [0, 0.05) is 5.56 Å². The van der Waals surface area contributed by atoms with Crippen molar-refractivity contribution < 1.29 is 18.5 Å². The molecule has 2 aromatic carbocycles. The summed E-state index contributed by atoms with van der Waals surface area (Å²) in [5, 5.41) is 10.1. The molecule has 2 aromatic heterocycles. The van der Waals surface area contributed by atoms with Gasteiger partial charge < -0.3 is 20.3 Å². The minimum Gasteiger partial charge on any atom is -0.593 e. The number of nitrogens with two attached hydrogens (primary N) is 1. The summed E-state index contributed by atoms with van der Waals surface area (Å²) in [6.07, 6.45) is 3.22. The summed E-state index contributed by atoms with van der Waals surface area (Å²) in [4.78, 5) is 21.2. The van der Waals surface area contributed by atoms with Crippen LogP contribution >= 0.6 is 0 Å². The van der Waals surface area contributed by atoms with Crippen LogP contribution in [0, 0.1) is 5.82 Å². The molecular weight excluding hydrogens is 509 g/mol. The standard InChI is InChI=1S/C26H28FN7O3S/c1-4-38(36)34-19-10-7-17(11-21(19)37-14-16-5-8-18(27)9-6-16)24-23(25(28)35)26(33-32-24)31-22-13-29-20(12-30-22)15(2)3/h5-13,15,34H,4,14H2,1-3H3,(H2,28,35)(H2,30,31,32,33). The van der Waals surface area contributed by atoms with E-state index in [1.54, 1.807) is 49.6 Å². The summed E-state index contributed by atoms with van der Waals surface area (Å²) in [5.74, 6) is 0.616. The number of nitrogens with one attached hydrogen (secondary N) is 3. The van der Waals surface area contributed by atoms with Gasteiger partial charge in [-0.05, 0) is 42.7 Å². The van der Waals surface area contributed by atoms with Gasteiger partial charge in [-0.1, -0.05) is 32.0 Å². The van der Waals surface area contributed by atoms with E-state index in [-0.39, 0.29) is 29.7 Å². The third-order valence-corrected chi connectivity index (χ3v) is 6.55. The zero-order valence-electron chi connectivity index (χ0n) is 21.1. The maximum atomic E-state index is 13.3. The van der Waals surface area contributed by atoms with Crippen molar-refractivity contribution in [1.29, 1.82) is 0 Å². The number of hydrogen-bond donors (Lipinski definition) is 4. The van der Waals surface area contributed by atoms with Crippen LogP contribution < -0.4 is 20.5 Å². The molecule has 0 aliphatic heterocycles. The highest BCUT2D eigenvalue weighted by Crippen LogP contribution is 2.35. The number of hydrogen-bond acceptors (Lipinski definition) is 8. The Kier molecular flexibility index (Phi) is 8.44. The zero-order chi connectivity index (χ0) is 27.2. The van der Waals surface area contributed by atoms with Gasteiger partial charge in [-0.2, -0.15) is 5.10 Å². The lowest BCUT2D eigenvalue weighted by Gasteiger charge is -2.16. The van der Waals surface area contributed by atoms with Crippen LogP contribution in [0.3, 0.4) is 0 Å². The van der Waals surface area contributed by atoms with Gasteiger partial charge in [-0.15, -0.1) is 0 Å². The van der Waals surface area contributed by atoms with Crippen LogP contribution in [0.25, 0.3) is 11.3 Å². The second-order valence-corrected chi connectivity index (χ2v) is 10.1. The summed E-state index contributed by atoms with van der Waals surface area (Å²) in [5.41, 5.74) is 8.75. The fourth-order valence-electron chi connectivity index (χ4n) is 3.52. The molecule has 2 heterocycles. The number of carbonyl (C=O) groups excluding carboxylic acids is 1. The molecule has 10 nitrogen and oxygen atoms in total. The van der Waals surface area contributed by atoms with Crippen LogP contribution in [0.1, 0.15) is 48.3 Å². The molecular formula is C26H28FN7O3S. The molecule has 1 atom stereocenters. The van der Waals surface area contributed by atoms with Gasteiger partial charge in [0.2, 0.25) is 0 Å². The predicted molar refractivity (Wildman–Crippen MR) is 145 cm³/mol. The molecule has 0 radical (unpaired) electrons. The Hall–Kier alpha value is -4.16. The van der Waals surface area contributed by atoms with Crippen LogP contribution in [0.4, 0.5) is 21.7 Å². The predicted octanol–water partition coefficient (Wildman–Crippen LogP) is 4.65. The smallest absolute Gasteiger partial charge is 0.254 e. The quantitative estimate of drug-likeness (QED) is 0.202. The second-order valence-electron chi connectivity index (χ2n) is 8.66. The number of primary amides is 1. The molecule has 4 aromatic rings. The number of ether oxygens (including phenoxy) is 1. The van der Waals surface area contributed by atoms with Crippen LogP contribution in [-0.4, -0.2) is 36.4 Å². The Morgan fingerprint density at radius 2 is 1.95 bits per heavy atom. The van der Waals surface area contributed by atoms with E-state index < -0.39 is 17.3 Å². The van der Waals surface area contributed by atoms with Crippen molar-refractivity contribution in [2.45, 2.75) is 33.3 Å². The largest absolute Gasteiger partial charge is 0.593 e. The lowest BCUT2D eigenvalue weighted by atomic mass is 10.1. The first kappa shape index (κ1) is 26.9. The number of aromatic nitrogens is 4. The van der Waals surface area contributed by atoms with Gasteiger partial charge in [0.15, 0.2) is 0 Å². The number of H-pyrrole nitrogens is 1. The van der Waals surface area contributed by atoms with Crippen molar-refractivity contribution >= 4 is 34.6 Å². The monoisotopic (exact) mass is 537 g/mol. The van der Waals surface area contributed by atoms with Gasteiger partial charge in [0.1, 0.15) is 52.5 Å². The van der Waals surface area contributed by atoms with Crippen LogP contribution in [0.15, 0.2) is 54.9 Å². The van der Waals surface area contributed by atoms with Gasteiger partial charge in [0.05, 0.1) is 29.4 Å². The van der Waals surface area contributed by atoms with E-state index in [1.165, 1.54) is 12.1 Å². The molecule has 1 amide bonds. The number of nitrogens with zero attached hydrogens (tertiary/aromatic N) is 3. The van der Waals surface area contributed by atoms with Crippen molar-refractivity contribution in [1.82, 2.24) is 20.2 Å². The SMILES string of the molecule is CC[S+]([O-])Nc1ccc(-c2n[nH]c(Nc3cnc(C(C)C)cn3)c2C(N)=O)cc1OCc1ccc(F)cc1. The first-order valence-electron chi connectivity index (χ1n) is 11.9. The van der Waals surface area contributed by atoms with E-state index in [1.807, 2.05) is 13.8 Å². The molecule has 5 N–H and O–H groups in total. The lowest BCUT2D eigenvalue weighted by Crippen LogP contribution is -2.15. The molecule has 0 fully saturated rings. The highest BCUT2D eigenvalue weighted by molar-refractivity contribution is 7.92. The Labute approximate surface area is 222 Å². The number of rotatable bonds is 11. The first-order chi connectivity index (χ1) is 18.2. The van der Waals surface area contributed by atoms with Crippen LogP contribution in [0.5, 0.6) is 5.75 Å². The van der Waals surface area contributed by atoms with Crippen LogP contribution in [0.2, 0.25) is 0 Å². The Morgan fingerprint density at radius 3 is 2.58 bits per heavy atom. The molecule has 198 valence electrons. The van der Waals surface area contributed by atoms with Crippen LogP contribution in [-0.2, 0) is 18.0 Å². The minimum absolute atomic E-state index is 0.127. The molecule has 0 saturated carbocycles. The average Bonchev–Trinajstić information content (AvgIpc) is 3.33. The number of anilines is 3. The van der Waals surface area contributed by atoms with E-state index in [0.29, 0.717) is 34.3 Å². The van der Waals surface area contributed by atoms with Gasteiger partial charge >= 0.3 is 0 Å². The third kappa shape index (κ3) is 6.39. The lowest BCUT2D eigenvalue weighted by molar-refractivity contribution is 0.100. The topological polar surface area (TPSA) is 154 Å². The molecule has 0 aliphatic rings. The number of amides is 1. The molecule has 0 bridgehead atoms. The number of benzene rings is 2. The second kappa shape index (κ2) is 11.9. The first-order valence-corrected chi connectivity index (χ1v) is 13.2. The molecule has 0 spiro atoms. The summed E-state index contributed by atoms with van der Waals surface area (Å²) >= 11 is -1.32. The van der Waals surface area contributed by atoms with Crippen molar-refractivity contribution in [3.8, 4) is 17.0 Å². The maximum absolute atomic E-state index is 13.3. The highest BCUT2D eigenvalue weighted by atomic mass is 32.2. The van der Waals surface area contributed by atoms with Gasteiger partial charge in [-0.3, -0.25) is 14.9 Å². The molecule has 0 saturated heterocycles. The summed E-state index contributed by atoms with van der Waals surface area (Å²) in [6.45, 7) is 5.95. The van der Waals surface area contributed by atoms with Crippen molar-refractivity contribution in [3.63, 3.8) is 0 Å². The van der Waals surface area contributed by atoms with E-state index in [0.717, 1.165) is 11.3 Å². The number of aromatic amines is 1. The maximum Gasteiger partial charge on any atom is 0.254 e. The molecule has 12 heteroatoms. The molecule has 0 aliphatic carbocycles. The van der Waals surface area contributed by atoms with Crippen molar-refractivity contribution in [3.05, 3.63) is 77.5 Å². The van der Waals surface area contributed by atoms with Crippen molar-refractivity contribution in [2.24, 2.45) is 5.73 Å². The van der Waals surface area contributed by atoms with Gasteiger partial charge in [-0.25, -0.2) is 14.1 Å². The van der Waals surface area contributed by atoms with E-state index in [9.17, 15) is 13.7 Å². The summed E-state index contributed by atoms with van der Waals surface area (Å²) in [7, 11) is 0. The zero-order valence-corrected chi connectivity index (χ0v) is 21.9. The average molecular weight is 538 g/mol. The van der Waals surface area contributed by atoms with E-state index in [2.05, 4.69) is 30.2 Å². The molecule has 4 rings (SSSR count).